The summed E-state index contributed by atoms with van der Waals surface area (Å²) in [6.45, 7) is 5.27. The van der Waals surface area contributed by atoms with Gasteiger partial charge in [-0.2, -0.15) is 5.10 Å². The van der Waals surface area contributed by atoms with Crippen LogP contribution in [0.2, 0.25) is 0 Å². The second-order valence-electron chi connectivity index (χ2n) is 6.46. The van der Waals surface area contributed by atoms with E-state index in [2.05, 4.69) is 16.7 Å². The van der Waals surface area contributed by atoms with E-state index in [0.717, 1.165) is 10.1 Å². The molecule has 1 aliphatic heterocycles. The number of hydrogen-bond donors (Lipinski definition) is 2. The van der Waals surface area contributed by atoms with Crippen molar-refractivity contribution in [2.24, 2.45) is 5.10 Å². The SMILES string of the molecule is C=CCn1c(O)c(C2=NN(C(=O)CC)C(c3ccccc3OC)C2)c(=O)[nH]c1=O. The van der Waals surface area contributed by atoms with Crippen LogP contribution < -0.4 is 16.0 Å². The number of nitrogens with one attached hydrogen (secondary N) is 1. The number of aromatic nitrogens is 2. The smallest absolute Gasteiger partial charge is 0.331 e. The first kappa shape index (κ1) is 20.1. The molecule has 0 bridgehead atoms. The normalized spacial score (nSPS) is 15.9. The number of rotatable bonds is 6. The molecular weight excluding hydrogens is 376 g/mol. The number of benzene rings is 1. The molecule has 1 unspecified atom stereocenters. The predicted molar refractivity (Wildman–Crippen MR) is 107 cm³/mol. The molecule has 1 aromatic heterocycles. The van der Waals surface area contributed by atoms with Crippen molar-refractivity contribution in [2.45, 2.75) is 32.4 Å². The predicted octanol–water partition coefficient (Wildman–Crippen LogP) is 1.52. The summed E-state index contributed by atoms with van der Waals surface area (Å²) >= 11 is 0. The molecule has 1 aromatic carbocycles. The molecule has 0 aliphatic carbocycles. The zero-order chi connectivity index (χ0) is 21.1. The number of amides is 1. The highest BCUT2D eigenvalue weighted by atomic mass is 16.5. The van der Waals surface area contributed by atoms with Gasteiger partial charge >= 0.3 is 5.69 Å². The van der Waals surface area contributed by atoms with Crippen molar-refractivity contribution in [2.75, 3.05) is 7.11 Å². The van der Waals surface area contributed by atoms with Crippen LogP contribution in [0.3, 0.4) is 0 Å². The first-order valence-corrected chi connectivity index (χ1v) is 9.12. The van der Waals surface area contributed by atoms with Gasteiger partial charge in [0.25, 0.3) is 5.56 Å². The first-order valence-electron chi connectivity index (χ1n) is 9.12. The van der Waals surface area contributed by atoms with Gasteiger partial charge in [0.15, 0.2) is 0 Å². The molecule has 1 amide bonds. The van der Waals surface area contributed by atoms with Crippen molar-refractivity contribution < 1.29 is 14.6 Å². The van der Waals surface area contributed by atoms with E-state index < -0.39 is 23.2 Å². The van der Waals surface area contributed by atoms with E-state index in [0.29, 0.717) is 5.75 Å². The highest BCUT2D eigenvalue weighted by Gasteiger charge is 2.36. The lowest BCUT2D eigenvalue weighted by molar-refractivity contribution is -0.132. The largest absolute Gasteiger partial charge is 0.496 e. The summed E-state index contributed by atoms with van der Waals surface area (Å²) in [5.74, 6) is -0.175. The topological polar surface area (TPSA) is 117 Å². The summed E-state index contributed by atoms with van der Waals surface area (Å²) in [6.07, 6.45) is 1.81. The Bertz CT molecular complexity index is 1100. The number of allylic oxidation sites excluding steroid dienone is 1. The van der Waals surface area contributed by atoms with Gasteiger partial charge in [-0.15, -0.1) is 6.58 Å². The molecule has 0 saturated carbocycles. The zero-order valence-electron chi connectivity index (χ0n) is 16.2. The van der Waals surface area contributed by atoms with Gasteiger partial charge < -0.3 is 9.84 Å². The van der Waals surface area contributed by atoms with Gasteiger partial charge in [-0.05, 0) is 6.07 Å². The average Bonchev–Trinajstić information content (AvgIpc) is 3.15. The molecule has 1 aliphatic rings. The summed E-state index contributed by atoms with van der Waals surface area (Å²) in [7, 11) is 1.53. The third-order valence-corrected chi connectivity index (χ3v) is 4.74. The minimum absolute atomic E-state index is 0.00919. The summed E-state index contributed by atoms with van der Waals surface area (Å²) in [5.41, 5.74) is -0.725. The molecule has 9 heteroatoms. The summed E-state index contributed by atoms with van der Waals surface area (Å²) in [6, 6.07) is 6.72. The van der Waals surface area contributed by atoms with E-state index in [9.17, 15) is 19.5 Å². The third-order valence-electron chi connectivity index (χ3n) is 4.74. The quantitative estimate of drug-likeness (QED) is 0.716. The van der Waals surface area contributed by atoms with Gasteiger partial charge in [0.2, 0.25) is 11.8 Å². The lowest BCUT2D eigenvalue weighted by Crippen LogP contribution is -2.33. The molecule has 2 heterocycles. The second-order valence-corrected chi connectivity index (χ2v) is 6.46. The lowest BCUT2D eigenvalue weighted by atomic mass is 9.98. The Morgan fingerprint density at radius 1 is 1.41 bits per heavy atom. The molecule has 0 fully saturated rings. The van der Waals surface area contributed by atoms with E-state index in [1.54, 1.807) is 13.0 Å². The van der Waals surface area contributed by atoms with E-state index >= 15 is 0 Å². The number of aromatic hydroxyl groups is 1. The highest BCUT2D eigenvalue weighted by Crippen LogP contribution is 2.38. The molecule has 29 heavy (non-hydrogen) atoms. The molecule has 2 aromatic rings. The zero-order valence-corrected chi connectivity index (χ0v) is 16.2. The Balaban J connectivity index is 2.14. The van der Waals surface area contributed by atoms with E-state index in [4.69, 9.17) is 4.74 Å². The highest BCUT2D eigenvalue weighted by molar-refractivity contribution is 6.04. The Kier molecular flexibility index (Phi) is 5.67. The van der Waals surface area contributed by atoms with Gasteiger partial charge in [0, 0.05) is 24.9 Å². The van der Waals surface area contributed by atoms with Crippen LogP contribution in [-0.4, -0.2) is 38.4 Å². The maximum Gasteiger partial charge on any atom is 0.331 e. The van der Waals surface area contributed by atoms with Gasteiger partial charge in [0.05, 0.1) is 18.9 Å². The monoisotopic (exact) mass is 398 g/mol. The summed E-state index contributed by atoms with van der Waals surface area (Å²) in [5, 5.41) is 16.2. The Hall–Kier alpha value is -3.62. The molecule has 0 saturated heterocycles. The van der Waals surface area contributed by atoms with Crippen molar-refractivity contribution in [1.82, 2.24) is 14.6 Å². The number of methoxy groups -OCH3 is 1. The average molecular weight is 398 g/mol. The molecule has 9 nitrogen and oxygen atoms in total. The van der Waals surface area contributed by atoms with Crippen LogP contribution in [-0.2, 0) is 11.3 Å². The van der Waals surface area contributed by atoms with Crippen LogP contribution in [0.5, 0.6) is 11.6 Å². The van der Waals surface area contributed by atoms with E-state index in [-0.39, 0.29) is 36.6 Å². The number of para-hydroxylation sites is 1. The third kappa shape index (κ3) is 3.58. The number of hydrogen-bond acceptors (Lipinski definition) is 6. The molecule has 2 N–H and O–H groups in total. The Morgan fingerprint density at radius 3 is 2.79 bits per heavy atom. The van der Waals surface area contributed by atoms with Crippen molar-refractivity contribution in [3.63, 3.8) is 0 Å². The number of aromatic amines is 1. The van der Waals surface area contributed by atoms with E-state index in [1.807, 2.05) is 18.2 Å². The van der Waals surface area contributed by atoms with Gasteiger partial charge in [-0.1, -0.05) is 31.2 Å². The number of hydrazone groups is 1. The van der Waals surface area contributed by atoms with Gasteiger partial charge in [0.1, 0.15) is 11.3 Å². The van der Waals surface area contributed by atoms with Crippen LogP contribution in [0.25, 0.3) is 0 Å². The standard InChI is InChI=1S/C20H22N4O5/c1-4-10-23-19(27)17(18(26)21-20(23)28)13-11-14(24(22-13)16(25)5-2)12-8-6-7-9-15(12)29-3/h4,6-9,14,27H,1,5,10-11H2,2-3H3,(H,21,26,28). The molecule has 1 atom stereocenters. The van der Waals surface area contributed by atoms with Crippen molar-refractivity contribution in [3.8, 4) is 11.6 Å². The minimum Gasteiger partial charge on any atom is -0.496 e. The summed E-state index contributed by atoms with van der Waals surface area (Å²) in [4.78, 5) is 39.1. The van der Waals surface area contributed by atoms with Crippen LogP contribution in [0.4, 0.5) is 0 Å². The molecule has 152 valence electrons. The first-order chi connectivity index (χ1) is 13.9. The van der Waals surface area contributed by atoms with Gasteiger partial charge in [-0.25, -0.2) is 9.80 Å². The van der Waals surface area contributed by atoms with Crippen molar-refractivity contribution in [3.05, 3.63) is 68.9 Å². The molecule has 0 spiro atoms. The number of nitrogens with zero attached hydrogens (tertiary/aromatic N) is 3. The Morgan fingerprint density at radius 2 is 2.14 bits per heavy atom. The van der Waals surface area contributed by atoms with Crippen molar-refractivity contribution >= 4 is 11.6 Å². The van der Waals surface area contributed by atoms with E-state index in [1.165, 1.54) is 18.2 Å². The van der Waals surface area contributed by atoms with Crippen LogP contribution in [0, 0.1) is 0 Å². The van der Waals surface area contributed by atoms with Crippen LogP contribution >= 0.6 is 0 Å². The maximum absolute atomic E-state index is 12.5. The molecular formula is C20H22N4O5. The van der Waals surface area contributed by atoms with Crippen LogP contribution in [0.15, 0.2) is 51.6 Å². The number of H-pyrrole nitrogens is 1. The minimum atomic E-state index is -0.767. The number of carbonyl (C=O) groups is 1. The van der Waals surface area contributed by atoms with Crippen molar-refractivity contribution in [1.29, 1.82) is 0 Å². The maximum atomic E-state index is 12.5. The van der Waals surface area contributed by atoms with Gasteiger partial charge in [-0.3, -0.25) is 19.1 Å². The fourth-order valence-electron chi connectivity index (χ4n) is 3.36. The second kappa shape index (κ2) is 8.17. The molecule has 0 radical (unpaired) electrons. The fraction of sp³-hybridized carbons (Fsp3) is 0.300. The van der Waals surface area contributed by atoms with Crippen LogP contribution in [0.1, 0.15) is 36.9 Å². The fourth-order valence-corrected chi connectivity index (χ4v) is 3.36. The number of carbonyl (C=O) groups excluding carboxylic acids is 1. The number of ether oxygens (including phenoxy) is 1. The Labute approximate surface area is 166 Å². The lowest BCUT2D eigenvalue weighted by Gasteiger charge is -2.23. The summed E-state index contributed by atoms with van der Waals surface area (Å²) < 4.78 is 6.39. The molecule has 3 rings (SSSR count).